The number of rotatable bonds is 8. The van der Waals surface area contributed by atoms with Crippen molar-refractivity contribution in [2.24, 2.45) is 4.99 Å². The van der Waals surface area contributed by atoms with Crippen LogP contribution in [0, 0.1) is 17.7 Å². The second kappa shape index (κ2) is 11.2. The molecule has 0 aliphatic heterocycles. The van der Waals surface area contributed by atoms with E-state index in [2.05, 4.69) is 17.1 Å². The molecule has 2 N–H and O–H groups in total. The van der Waals surface area contributed by atoms with Crippen molar-refractivity contribution in [1.29, 1.82) is 10.8 Å². The first kappa shape index (κ1) is 23.9. The lowest BCUT2D eigenvalue weighted by Gasteiger charge is -2.27. The highest BCUT2D eigenvalue weighted by molar-refractivity contribution is 6.22. The Morgan fingerprint density at radius 1 is 0.939 bits per heavy atom. The topological polar surface area (TPSA) is 72.5 Å². The molecule has 5 nitrogen and oxygen atoms in total. The maximum absolute atomic E-state index is 8.87. The fourth-order valence-corrected chi connectivity index (χ4v) is 3.73. The number of ether oxygens (including phenoxy) is 1. The third-order valence-electron chi connectivity index (χ3n) is 5.71. The number of methoxy groups -OCH3 is 1. The van der Waals surface area contributed by atoms with E-state index in [9.17, 15) is 0 Å². The second-order valence-corrected chi connectivity index (χ2v) is 8.01. The van der Waals surface area contributed by atoms with E-state index in [-0.39, 0.29) is 0 Å². The lowest BCUT2D eigenvalue weighted by molar-refractivity contribution is 0.414. The van der Waals surface area contributed by atoms with E-state index in [4.69, 9.17) is 15.6 Å². The number of aliphatic imine (C=N–C) groups is 1. The zero-order valence-electron chi connectivity index (χ0n) is 19.9. The van der Waals surface area contributed by atoms with Crippen LogP contribution >= 0.6 is 0 Å². The van der Waals surface area contributed by atoms with Gasteiger partial charge in [-0.25, -0.2) is 0 Å². The van der Waals surface area contributed by atoms with Crippen LogP contribution in [0.5, 0.6) is 5.75 Å². The third-order valence-corrected chi connectivity index (χ3v) is 5.71. The number of benzene rings is 3. The molecular weight excluding hydrogens is 408 g/mol. The molecule has 0 fully saturated rings. The number of para-hydroxylation sites is 1. The minimum atomic E-state index is 0.436. The monoisotopic (exact) mass is 440 g/mol. The van der Waals surface area contributed by atoms with Crippen LogP contribution in [0.2, 0.25) is 0 Å². The van der Waals surface area contributed by atoms with E-state index in [1.807, 2.05) is 79.4 Å². The van der Waals surface area contributed by atoms with Gasteiger partial charge in [0.15, 0.2) is 0 Å². The Morgan fingerprint density at radius 2 is 1.61 bits per heavy atom. The summed E-state index contributed by atoms with van der Waals surface area (Å²) in [6, 6.07) is 23.8. The highest BCUT2D eigenvalue weighted by atomic mass is 16.5. The Balaban J connectivity index is 1.81. The standard InChI is InChI=1S/C28H32N4O/c1-20-12-16-23(17-13-20)28(30)25-9-5-6-10-26(25)32(21(2)31-3)27(29)11-7-8-22-14-18-24(33-4)19-15-22/h5-6,9-10,12-19,29-30H,7-8,11H2,1-4H3. The average molecular weight is 441 g/mol. The predicted molar refractivity (Wildman–Crippen MR) is 139 cm³/mol. The first-order chi connectivity index (χ1) is 15.9. The molecule has 3 aromatic rings. The van der Waals surface area contributed by atoms with Gasteiger partial charge in [0.2, 0.25) is 0 Å². The fourth-order valence-electron chi connectivity index (χ4n) is 3.73. The predicted octanol–water partition coefficient (Wildman–Crippen LogP) is 6.27. The quantitative estimate of drug-likeness (QED) is 0.320. The summed E-state index contributed by atoms with van der Waals surface area (Å²) in [4.78, 5) is 6.24. The van der Waals surface area contributed by atoms with Crippen LogP contribution in [0.3, 0.4) is 0 Å². The van der Waals surface area contributed by atoms with E-state index < -0.39 is 0 Å². The van der Waals surface area contributed by atoms with Crippen molar-refractivity contribution in [3.05, 3.63) is 95.1 Å². The largest absolute Gasteiger partial charge is 0.497 e. The molecule has 0 bridgehead atoms. The van der Waals surface area contributed by atoms with Gasteiger partial charge in [-0.15, -0.1) is 0 Å². The van der Waals surface area contributed by atoms with Crippen LogP contribution in [-0.4, -0.2) is 31.5 Å². The number of hydrogen-bond acceptors (Lipinski definition) is 4. The van der Waals surface area contributed by atoms with Crippen LogP contribution in [-0.2, 0) is 6.42 Å². The fraction of sp³-hybridized carbons (Fsp3) is 0.250. The second-order valence-electron chi connectivity index (χ2n) is 8.01. The minimum absolute atomic E-state index is 0.436. The Kier molecular flexibility index (Phi) is 8.14. The van der Waals surface area contributed by atoms with Crippen LogP contribution in [0.25, 0.3) is 0 Å². The molecule has 0 spiro atoms. The van der Waals surface area contributed by atoms with Crippen LogP contribution < -0.4 is 9.64 Å². The molecule has 0 saturated heterocycles. The maximum Gasteiger partial charge on any atom is 0.118 e. The van der Waals surface area contributed by atoms with E-state index in [1.54, 1.807) is 14.2 Å². The van der Waals surface area contributed by atoms with Crippen molar-refractivity contribution in [1.82, 2.24) is 0 Å². The van der Waals surface area contributed by atoms with E-state index in [0.717, 1.165) is 46.8 Å². The normalized spacial score (nSPS) is 11.2. The van der Waals surface area contributed by atoms with Crippen molar-refractivity contribution in [3.8, 4) is 5.75 Å². The molecule has 170 valence electrons. The molecule has 5 heteroatoms. The molecule has 0 unspecified atom stereocenters. The lowest BCUT2D eigenvalue weighted by atomic mass is 9.99. The third kappa shape index (κ3) is 5.95. The van der Waals surface area contributed by atoms with Crippen molar-refractivity contribution < 1.29 is 4.74 Å². The Labute approximate surface area is 196 Å². The van der Waals surface area contributed by atoms with Gasteiger partial charge in [0.1, 0.15) is 17.4 Å². The van der Waals surface area contributed by atoms with Gasteiger partial charge in [-0.2, -0.15) is 0 Å². The molecule has 0 heterocycles. The number of anilines is 1. The molecular formula is C28H32N4O. The molecule has 0 aromatic heterocycles. The molecule has 3 aromatic carbocycles. The summed E-state index contributed by atoms with van der Waals surface area (Å²) < 4.78 is 5.23. The Bertz CT molecular complexity index is 1130. The van der Waals surface area contributed by atoms with Crippen molar-refractivity contribution in [3.63, 3.8) is 0 Å². The molecule has 0 aliphatic carbocycles. The lowest BCUT2D eigenvalue weighted by Crippen LogP contribution is -2.36. The van der Waals surface area contributed by atoms with Gasteiger partial charge in [0, 0.05) is 24.6 Å². The van der Waals surface area contributed by atoms with Crippen molar-refractivity contribution in [2.45, 2.75) is 33.1 Å². The Morgan fingerprint density at radius 3 is 2.24 bits per heavy atom. The molecule has 0 saturated carbocycles. The summed E-state index contributed by atoms with van der Waals surface area (Å²) in [6.45, 7) is 3.95. The summed E-state index contributed by atoms with van der Waals surface area (Å²) in [5.41, 5.74) is 5.26. The van der Waals surface area contributed by atoms with E-state index in [1.165, 1.54) is 5.56 Å². The number of nitrogens with zero attached hydrogens (tertiary/aromatic N) is 2. The number of hydrogen-bond donors (Lipinski definition) is 2. The zero-order chi connectivity index (χ0) is 23.8. The number of aryl methyl sites for hydroxylation is 2. The number of amidine groups is 2. The average Bonchev–Trinajstić information content (AvgIpc) is 2.85. The van der Waals surface area contributed by atoms with Gasteiger partial charge in [-0.05, 0) is 50.5 Å². The zero-order valence-corrected chi connectivity index (χ0v) is 19.9. The van der Waals surface area contributed by atoms with Crippen molar-refractivity contribution >= 4 is 23.1 Å². The van der Waals surface area contributed by atoms with Gasteiger partial charge in [0.05, 0.1) is 18.5 Å². The van der Waals surface area contributed by atoms with Gasteiger partial charge in [0.25, 0.3) is 0 Å². The highest BCUT2D eigenvalue weighted by Crippen LogP contribution is 2.26. The summed E-state index contributed by atoms with van der Waals surface area (Å²) in [5, 5.41) is 17.7. The van der Waals surface area contributed by atoms with Gasteiger partial charge in [-0.1, -0.05) is 60.2 Å². The molecule has 0 aliphatic rings. The molecule has 0 radical (unpaired) electrons. The smallest absolute Gasteiger partial charge is 0.118 e. The minimum Gasteiger partial charge on any atom is -0.497 e. The van der Waals surface area contributed by atoms with Gasteiger partial charge >= 0.3 is 0 Å². The highest BCUT2D eigenvalue weighted by Gasteiger charge is 2.20. The molecule has 3 rings (SSSR count). The molecule has 0 atom stereocenters. The van der Waals surface area contributed by atoms with Crippen LogP contribution in [0.4, 0.5) is 5.69 Å². The van der Waals surface area contributed by atoms with Gasteiger partial charge in [-0.3, -0.25) is 20.7 Å². The summed E-state index contributed by atoms with van der Waals surface area (Å²) in [7, 11) is 3.40. The summed E-state index contributed by atoms with van der Waals surface area (Å²) in [5.74, 6) is 2.05. The van der Waals surface area contributed by atoms with E-state index in [0.29, 0.717) is 18.0 Å². The van der Waals surface area contributed by atoms with Gasteiger partial charge < -0.3 is 4.74 Å². The summed E-state index contributed by atoms with van der Waals surface area (Å²) in [6.07, 6.45) is 2.32. The first-order valence-corrected chi connectivity index (χ1v) is 11.1. The summed E-state index contributed by atoms with van der Waals surface area (Å²) >= 11 is 0. The number of nitrogens with one attached hydrogen (secondary N) is 2. The van der Waals surface area contributed by atoms with E-state index >= 15 is 0 Å². The van der Waals surface area contributed by atoms with Crippen LogP contribution in [0.1, 0.15) is 42.0 Å². The van der Waals surface area contributed by atoms with Crippen LogP contribution in [0.15, 0.2) is 77.8 Å². The van der Waals surface area contributed by atoms with Crippen molar-refractivity contribution in [2.75, 3.05) is 19.1 Å². The first-order valence-electron chi connectivity index (χ1n) is 11.1. The Hall–Kier alpha value is -3.73. The maximum atomic E-state index is 8.87. The molecule has 33 heavy (non-hydrogen) atoms. The SMILES string of the molecule is CN=C(C)N(C(=N)CCCc1ccc(OC)cc1)c1ccccc1C(=N)c1ccc(C)cc1. The molecule has 0 amide bonds.